The molecule has 0 spiro atoms. The lowest BCUT2D eigenvalue weighted by Crippen LogP contribution is -2.39. The normalized spacial score (nSPS) is 16.6. The van der Waals surface area contributed by atoms with E-state index in [0.717, 1.165) is 24.2 Å². The molecule has 0 aliphatic heterocycles. The second-order valence-electron chi connectivity index (χ2n) is 6.99. The van der Waals surface area contributed by atoms with E-state index in [2.05, 4.69) is 10.2 Å². The van der Waals surface area contributed by atoms with Crippen molar-refractivity contribution in [2.75, 3.05) is 13.6 Å². The average Bonchev–Trinajstić information content (AvgIpc) is 3.17. The lowest BCUT2D eigenvalue weighted by atomic mass is 9.93. The first-order chi connectivity index (χ1) is 12.7. The molecule has 0 radical (unpaired) electrons. The van der Waals surface area contributed by atoms with E-state index in [9.17, 15) is 9.90 Å². The quantitative estimate of drug-likeness (QED) is 0.797. The molecule has 0 saturated heterocycles. The SMILES string of the molecule is CNC(=O)c1ccc(CN(C[C@H](O)c2ccccc2)C2CCCCC2)o1. The molecule has 1 saturated carbocycles. The van der Waals surface area contributed by atoms with Crippen molar-refractivity contribution < 1.29 is 14.3 Å². The van der Waals surface area contributed by atoms with Crippen LogP contribution in [0.4, 0.5) is 0 Å². The molecule has 1 fully saturated rings. The molecule has 5 heteroatoms. The minimum absolute atomic E-state index is 0.218. The number of rotatable bonds is 7. The van der Waals surface area contributed by atoms with Crippen molar-refractivity contribution in [2.24, 2.45) is 0 Å². The van der Waals surface area contributed by atoms with Gasteiger partial charge in [0.15, 0.2) is 5.76 Å². The van der Waals surface area contributed by atoms with Crippen molar-refractivity contribution in [2.45, 2.75) is 50.8 Å². The lowest BCUT2D eigenvalue weighted by Gasteiger charge is -2.35. The maximum atomic E-state index is 11.7. The second-order valence-corrected chi connectivity index (χ2v) is 6.99. The van der Waals surface area contributed by atoms with Crippen LogP contribution < -0.4 is 5.32 Å². The predicted octanol–water partition coefficient (Wildman–Crippen LogP) is 3.51. The van der Waals surface area contributed by atoms with Crippen molar-refractivity contribution in [3.05, 3.63) is 59.5 Å². The van der Waals surface area contributed by atoms with E-state index in [1.165, 1.54) is 19.3 Å². The number of benzene rings is 1. The van der Waals surface area contributed by atoms with E-state index in [4.69, 9.17) is 4.42 Å². The Bertz CT molecular complexity index is 692. The molecule has 26 heavy (non-hydrogen) atoms. The standard InChI is InChI=1S/C21H28N2O3/c1-22-21(25)20-13-12-18(26-20)14-23(17-10-6-3-7-11-17)15-19(24)16-8-4-2-5-9-16/h2,4-5,8-9,12-13,17,19,24H,3,6-7,10-11,14-15H2,1H3,(H,22,25)/t19-/m0/s1. The van der Waals surface area contributed by atoms with Gasteiger partial charge in [0.25, 0.3) is 5.91 Å². The summed E-state index contributed by atoms with van der Waals surface area (Å²) in [5, 5.41) is 13.3. The zero-order valence-electron chi connectivity index (χ0n) is 15.4. The third-order valence-corrected chi connectivity index (χ3v) is 5.15. The van der Waals surface area contributed by atoms with Gasteiger partial charge in [-0.05, 0) is 30.5 Å². The van der Waals surface area contributed by atoms with Gasteiger partial charge in [-0.2, -0.15) is 0 Å². The van der Waals surface area contributed by atoms with Gasteiger partial charge >= 0.3 is 0 Å². The maximum Gasteiger partial charge on any atom is 0.286 e. The second kappa shape index (κ2) is 9.01. The third-order valence-electron chi connectivity index (χ3n) is 5.15. The van der Waals surface area contributed by atoms with Crippen LogP contribution in [0.5, 0.6) is 0 Å². The first-order valence-corrected chi connectivity index (χ1v) is 9.45. The van der Waals surface area contributed by atoms with E-state index < -0.39 is 6.10 Å². The molecular formula is C21H28N2O3. The number of aliphatic hydroxyl groups excluding tert-OH is 1. The lowest BCUT2D eigenvalue weighted by molar-refractivity contribution is 0.0621. The summed E-state index contributed by atoms with van der Waals surface area (Å²) in [4.78, 5) is 14.0. The van der Waals surface area contributed by atoms with Gasteiger partial charge in [-0.1, -0.05) is 49.6 Å². The van der Waals surface area contributed by atoms with Gasteiger partial charge in [0, 0.05) is 19.6 Å². The zero-order valence-corrected chi connectivity index (χ0v) is 15.4. The Morgan fingerprint density at radius 2 is 1.92 bits per heavy atom. The van der Waals surface area contributed by atoms with Gasteiger partial charge in [0.2, 0.25) is 0 Å². The number of aliphatic hydroxyl groups is 1. The average molecular weight is 356 g/mol. The van der Waals surface area contributed by atoms with Gasteiger partial charge in [-0.25, -0.2) is 0 Å². The van der Waals surface area contributed by atoms with Crippen molar-refractivity contribution in [1.82, 2.24) is 10.2 Å². The first-order valence-electron chi connectivity index (χ1n) is 9.45. The number of furan rings is 1. The fraction of sp³-hybridized carbons (Fsp3) is 0.476. The minimum Gasteiger partial charge on any atom is -0.455 e. The molecule has 1 atom stereocenters. The molecule has 1 amide bonds. The Hall–Kier alpha value is -2.11. The highest BCUT2D eigenvalue weighted by molar-refractivity contribution is 5.91. The number of nitrogens with zero attached hydrogens (tertiary/aromatic N) is 1. The Morgan fingerprint density at radius 1 is 1.19 bits per heavy atom. The van der Waals surface area contributed by atoms with Gasteiger partial charge < -0.3 is 14.8 Å². The smallest absolute Gasteiger partial charge is 0.286 e. The van der Waals surface area contributed by atoms with Crippen LogP contribution in [0.2, 0.25) is 0 Å². The molecule has 2 aromatic rings. The van der Waals surface area contributed by atoms with Crippen molar-refractivity contribution in [3.8, 4) is 0 Å². The Balaban J connectivity index is 1.72. The number of amides is 1. The molecule has 1 heterocycles. The van der Waals surface area contributed by atoms with Gasteiger partial charge in [-0.3, -0.25) is 9.69 Å². The van der Waals surface area contributed by atoms with Gasteiger partial charge in [0.1, 0.15) is 5.76 Å². The van der Waals surface area contributed by atoms with Crippen LogP contribution in [0.15, 0.2) is 46.9 Å². The molecule has 0 bridgehead atoms. The fourth-order valence-electron chi connectivity index (χ4n) is 3.70. The molecule has 3 rings (SSSR count). The molecule has 5 nitrogen and oxygen atoms in total. The molecule has 1 aromatic heterocycles. The minimum atomic E-state index is -0.536. The van der Waals surface area contributed by atoms with Crippen molar-refractivity contribution in [1.29, 1.82) is 0 Å². The van der Waals surface area contributed by atoms with E-state index in [-0.39, 0.29) is 5.91 Å². The monoisotopic (exact) mass is 356 g/mol. The van der Waals surface area contributed by atoms with Crippen LogP contribution in [0.3, 0.4) is 0 Å². The Labute approximate surface area is 155 Å². The number of carbonyl (C=O) groups is 1. The molecule has 1 aliphatic carbocycles. The molecule has 140 valence electrons. The van der Waals surface area contributed by atoms with E-state index in [0.29, 0.717) is 24.9 Å². The summed E-state index contributed by atoms with van der Waals surface area (Å²) in [5.74, 6) is 0.869. The van der Waals surface area contributed by atoms with Crippen molar-refractivity contribution in [3.63, 3.8) is 0 Å². The van der Waals surface area contributed by atoms with Gasteiger partial charge in [0.05, 0.1) is 12.6 Å². The Kier molecular flexibility index (Phi) is 6.47. The predicted molar refractivity (Wildman–Crippen MR) is 101 cm³/mol. The van der Waals surface area contributed by atoms with Crippen molar-refractivity contribution >= 4 is 5.91 Å². The van der Waals surface area contributed by atoms with E-state index in [1.807, 2.05) is 36.4 Å². The van der Waals surface area contributed by atoms with Crippen LogP contribution >= 0.6 is 0 Å². The highest BCUT2D eigenvalue weighted by atomic mass is 16.4. The summed E-state index contributed by atoms with van der Waals surface area (Å²) >= 11 is 0. The zero-order chi connectivity index (χ0) is 18.4. The number of hydrogen-bond donors (Lipinski definition) is 2. The van der Waals surface area contributed by atoms with Crippen LogP contribution in [0.25, 0.3) is 0 Å². The molecule has 2 N–H and O–H groups in total. The summed E-state index contributed by atoms with van der Waals surface area (Å²) in [6.07, 6.45) is 5.49. The van der Waals surface area contributed by atoms with E-state index in [1.54, 1.807) is 13.1 Å². The van der Waals surface area contributed by atoms with Crippen LogP contribution in [-0.4, -0.2) is 35.5 Å². The van der Waals surface area contributed by atoms with Gasteiger partial charge in [-0.15, -0.1) is 0 Å². The third kappa shape index (κ3) is 4.74. The maximum absolute atomic E-state index is 11.7. The molecule has 0 unspecified atom stereocenters. The summed E-state index contributed by atoms with van der Waals surface area (Å²) in [6, 6.07) is 13.8. The summed E-state index contributed by atoms with van der Waals surface area (Å²) in [5.41, 5.74) is 0.929. The molecular weight excluding hydrogens is 328 g/mol. The van der Waals surface area contributed by atoms with Crippen LogP contribution in [0, 0.1) is 0 Å². The summed E-state index contributed by atoms with van der Waals surface area (Å²) < 4.78 is 5.71. The number of carbonyl (C=O) groups excluding carboxylic acids is 1. The highest BCUT2D eigenvalue weighted by Gasteiger charge is 2.25. The summed E-state index contributed by atoms with van der Waals surface area (Å²) in [7, 11) is 1.59. The van der Waals surface area contributed by atoms with E-state index >= 15 is 0 Å². The highest BCUT2D eigenvalue weighted by Crippen LogP contribution is 2.27. The summed E-state index contributed by atoms with van der Waals surface area (Å²) in [6.45, 7) is 1.16. The topological polar surface area (TPSA) is 65.7 Å². The largest absolute Gasteiger partial charge is 0.455 e. The number of nitrogens with one attached hydrogen (secondary N) is 1. The molecule has 1 aliphatic rings. The van der Waals surface area contributed by atoms with Crippen LogP contribution in [0.1, 0.15) is 60.1 Å². The molecule has 1 aromatic carbocycles. The van der Waals surface area contributed by atoms with Crippen LogP contribution in [-0.2, 0) is 6.54 Å². The fourth-order valence-corrected chi connectivity index (χ4v) is 3.70. The number of hydrogen-bond acceptors (Lipinski definition) is 4. The first kappa shape index (κ1) is 18.7. The Morgan fingerprint density at radius 3 is 2.62 bits per heavy atom.